The summed E-state index contributed by atoms with van der Waals surface area (Å²) in [6, 6.07) is 3.67. The second-order valence-electron chi connectivity index (χ2n) is 2.64. The molecule has 0 amide bonds. The van der Waals surface area contributed by atoms with E-state index in [-0.39, 0.29) is 0 Å². The molecule has 0 unspecified atom stereocenters. The number of hydrogen-bond acceptors (Lipinski definition) is 4. The summed E-state index contributed by atoms with van der Waals surface area (Å²) in [5, 5.41) is 9.05. The SMILES string of the molecule is Cn1cnnc1Sc1ccnc(Cl)c1. The molecule has 14 heavy (non-hydrogen) atoms. The first kappa shape index (κ1) is 9.48. The molecule has 2 aromatic rings. The van der Waals surface area contributed by atoms with Crippen molar-refractivity contribution in [1.29, 1.82) is 0 Å². The van der Waals surface area contributed by atoms with Gasteiger partial charge in [-0.3, -0.25) is 0 Å². The van der Waals surface area contributed by atoms with Crippen LogP contribution in [0.2, 0.25) is 5.15 Å². The lowest BCUT2D eigenvalue weighted by Crippen LogP contribution is -1.88. The van der Waals surface area contributed by atoms with E-state index in [9.17, 15) is 0 Å². The van der Waals surface area contributed by atoms with Crippen molar-refractivity contribution in [2.75, 3.05) is 0 Å². The first-order chi connectivity index (χ1) is 6.75. The van der Waals surface area contributed by atoms with Crippen molar-refractivity contribution in [2.24, 2.45) is 7.05 Å². The molecule has 2 aromatic heterocycles. The number of rotatable bonds is 2. The van der Waals surface area contributed by atoms with Crippen LogP contribution in [0.25, 0.3) is 0 Å². The lowest BCUT2D eigenvalue weighted by atomic mass is 10.5. The summed E-state index contributed by atoms with van der Waals surface area (Å²) in [7, 11) is 1.89. The normalized spacial score (nSPS) is 10.4. The Bertz CT molecular complexity index is 442. The van der Waals surface area contributed by atoms with Gasteiger partial charge in [0.05, 0.1) is 0 Å². The van der Waals surface area contributed by atoms with Gasteiger partial charge in [0.15, 0.2) is 5.16 Å². The van der Waals surface area contributed by atoms with E-state index in [1.807, 2.05) is 17.7 Å². The van der Waals surface area contributed by atoms with Crippen molar-refractivity contribution in [3.63, 3.8) is 0 Å². The Morgan fingerprint density at radius 1 is 1.50 bits per heavy atom. The number of aryl methyl sites for hydroxylation is 1. The Labute approximate surface area is 90.3 Å². The molecule has 0 aliphatic heterocycles. The van der Waals surface area contributed by atoms with E-state index in [2.05, 4.69) is 15.2 Å². The van der Waals surface area contributed by atoms with E-state index in [4.69, 9.17) is 11.6 Å². The largest absolute Gasteiger partial charge is 0.311 e. The highest BCUT2D eigenvalue weighted by molar-refractivity contribution is 7.99. The summed E-state index contributed by atoms with van der Waals surface area (Å²) in [6.45, 7) is 0. The standard InChI is InChI=1S/C8H7ClN4S/c1-13-5-11-12-8(13)14-6-2-3-10-7(9)4-6/h2-5H,1H3. The van der Waals surface area contributed by atoms with E-state index in [1.165, 1.54) is 11.8 Å². The fraction of sp³-hybridized carbons (Fsp3) is 0.125. The zero-order valence-electron chi connectivity index (χ0n) is 7.38. The fourth-order valence-electron chi connectivity index (χ4n) is 0.919. The second kappa shape index (κ2) is 3.98. The first-order valence-electron chi connectivity index (χ1n) is 3.89. The van der Waals surface area contributed by atoms with Gasteiger partial charge in [-0.15, -0.1) is 10.2 Å². The van der Waals surface area contributed by atoms with Gasteiger partial charge in [-0.05, 0) is 23.9 Å². The predicted octanol–water partition coefficient (Wildman–Crippen LogP) is 2.01. The molecule has 4 nitrogen and oxygen atoms in total. The van der Waals surface area contributed by atoms with E-state index < -0.39 is 0 Å². The molecule has 0 aromatic carbocycles. The molecular formula is C8H7ClN4S. The van der Waals surface area contributed by atoms with Crippen LogP contribution in [0.15, 0.2) is 34.7 Å². The summed E-state index contributed by atoms with van der Waals surface area (Å²) in [4.78, 5) is 4.90. The molecule has 0 saturated heterocycles. The maximum Gasteiger partial charge on any atom is 0.195 e. The van der Waals surface area contributed by atoms with E-state index in [0.717, 1.165) is 10.1 Å². The Hall–Kier alpha value is -1.07. The van der Waals surface area contributed by atoms with E-state index in [1.54, 1.807) is 18.6 Å². The Kier molecular flexibility index (Phi) is 2.69. The van der Waals surface area contributed by atoms with Gasteiger partial charge < -0.3 is 4.57 Å². The van der Waals surface area contributed by atoms with Crippen LogP contribution in [0.3, 0.4) is 0 Å². The molecule has 72 valence electrons. The average Bonchev–Trinajstić information content (AvgIpc) is 2.52. The van der Waals surface area contributed by atoms with Crippen molar-refractivity contribution >= 4 is 23.4 Å². The molecule has 0 aliphatic carbocycles. The molecule has 0 radical (unpaired) electrons. The third-order valence-electron chi connectivity index (χ3n) is 1.58. The summed E-state index contributed by atoms with van der Waals surface area (Å²) in [5.74, 6) is 0. The van der Waals surface area contributed by atoms with Crippen LogP contribution >= 0.6 is 23.4 Å². The van der Waals surface area contributed by atoms with Gasteiger partial charge in [0.1, 0.15) is 11.5 Å². The number of halogens is 1. The smallest absolute Gasteiger partial charge is 0.195 e. The number of pyridine rings is 1. The maximum atomic E-state index is 5.76. The monoisotopic (exact) mass is 226 g/mol. The lowest BCUT2D eigenvalue weighted by molar-refractivity contribution is 0.788. The summed E-state index contributed by atoms with van der Waals surface area (Å²) in [6.07, 6.45) is 3.33. The molecule has 0 spiro atoms. The molecule has 2 rings (SSSR count). The van der Waals surface area contributed by atoms with Gasteiger partial charge in [-0.25, -0.2) is 4.98 Å². The van der Waals surface area contributed by atoms with Crippen LogP contribution < -0.4 is 0 Å². The Morgan fingerprint density at radius 2 is 2.36 bits per heavy atom. The molecule has 0 fully saturated rings. The predicted molar refractivity (Wildman–Crippen MR) is 54.4 cm³/mol. The number of aromatic nitrogens is 4. The highest BCUT2D eigenvalue weighted by Gasteiger charge is 2.03. The third kappa shape index (κ3) is 2.05. The minimum atomic E-state index is 0.483. The van der Waals surface area contributed by atoms with Crippen molar-refractivity contribution in [1.82, 2.24) is 19.7 Å². The molecule has 0 atom stereocenters. The van der Waals surface area contributed by atoms with Crippen LogP contribution in [-0.2, 0) is 7.05 Å². The van der Waals surface area contributed by atoms with Crippen LogP contribution in [0.1, 0.15) is 0 Å². The summed E-state index contributed by atoms with van der Waals surface area (Å²) in [5.41, 5.74) is 0. The second-order valence-corrected chi connectivity index (χ2v) is 4.07. The molecule has 0 aliphatic rings. The molecule has 0 bridgehead atoms. The molecule has 2 heterocycles. The highest BCUT2D eigenvalue weighted by Crippen LogP contribution is 2.25. The van der Waals surface area contributed by atoms with Gasteiger partial charge in [-0.1, -0.05) is 11.6 Å². The zero-order chi connectivity index (χ0) is 9.97. The van der Waals surface area contributed by atoms with Gasteiger partial charge in [-0.2, -0.15) is 0 Å². The van der Waals surface area contributed by atoms with Crippen LogP contribution in [0, 0.1) is 0 Å². The zero-order valence-corrected chi connectivity index (χ0v) is 8.96. The Balaban J connectivity index is 2.23. The molecule has 6 heteroatoms. The molecular weight excluding hydrogens is 220 g/mol. The highest BCUT2D eigenvalue weighted by atomic mass is 35.5. The van der Waals surface area contributed by atoms with Crippen LogP contribution in [0.5, 0.6) is 0 Å². The molecule has 0 saturated carbocycles. The van der Waals surface area contributed by atoms with Gasteiger partial charge >= 0.3 is 0 Å². The molecule has 0 N–H and O–H groups in total. The maximum absolute atomic E-state index is 5.76. The van der Waals surface area contributed by atoms with E-state index >= 15 is 0 Å². The van der Waals surface area contributed by atoms with Gasteiger partial charge in [0.25, 0.3) is 0 Å². The minimum Gasteiger partial charge on any atom is -0.311 e. The first-order valence-corrected chi connectivity index (χ1v) is 5.08. The van der Waals surface area contributed by atoms with Gasteiger partial charge in [0.2, 0.25) is 0 Å². The number of nitrogens with zero attached hydrogens (tertiary/aromatic N) is 4. The Morgan fingerprint density at radius 3 is 3.00 bits per heavy atom. The van der Waals surface area contributed by atoms with Crippen molar-refractivity contribution < 1.29 is 0 Å². The number of hydrogen-bond donors (Lipinski definition) is 0. The topological polar surface area (TPSA) is 43.6 Å². The third-order valence-corrected chi connectivity index (χ3v) is 2.83. The van der Waals surface area contributed by atoms with Crippen LogP contribution in [0.4, 0.5) is 0 Å². The van der Waals surface area contributed by atoms with Crippen molar-refractivity contribution in [3.8, 4) is 0 Å². The minimum absolute atomic E-state index is 0.483. The van der Waals surface area contributed by atoms with Crippen molar-refractivity contribution in [3.05, 3.63) is 29.8 Å². The fourth-order valence-corrected chi connectivity index (χ4v) is 1.95. The quantitative estimate of drug-likeness (QED) is 0.735. The van der Waals surface area contributed by atoms with Gasteiger partial charge in [0, 0.05) is 18.1 Å². The summed E-state index contributed by atoms with van der Waals surface area (Å²) < 4.78 is 1.85. The lowest BCUT2D eigenvalue weighted by Gasteiger charge is -1.99. The average molecular weight is 227 g/mol. The van der Waals surface area contributed by atoms with E-state index in [0.29, 0.717) is 5.15 Å². The van der Waals surface area contributed by atoms with Crippen LogP contribution in [-0.4, -0.2) is 19.7 Å². The summed E-state index contributed by atoms with van der Waals surface area (Å²) >= 11 is 7.26. The van der Waals surface area contributed by atoms with Crippen molar-refractivity contribution in [2.45, 2.75) is 10.1 Å².